The molecule has 19 heteroatoms. The summed E-state index contributed by atoms with van der Waals surface area (Å²) in [5.74, 6) is -0.523. The third-order valence-corrected chi connectivity index (χ3v) is 21.4. The maximum atomic E-state index is 13.1. The van der Waals surface area contributed by atoms with Crippen LogP contribution < -0.4 is 0 Å². The maximum absolute atomic E-state index is 13.1. The Bertz CT molecular complexity index is 1960. The van der Waals surface area contributed by atoms with Gasteiger partial charge in [-0.3, -0.25) is 37.3 Å². The summed E-state index contributed by atoms with van der Waals surface area (Å²) in [5, 5.41) is 10.6. The Kier molecular flexibility index (Phi) is 73.1. The van der Waals surface area contributed by atoms with Crippen LogP contribution in [0, 0.1) is 11.8 Å². The molecule has 0 saturated carbocycles. The van der Waals surface area contributed by atoms with E-state index in [0.717, 1.165) is 108 Å². The minimum atomic E-state index is -4.96. The number of carbonyl (C=O) groups excluding carboxylic acids is 4. The van der Waals surface area contributed by atoms with E-state index in [0.29, 0.717) is 25.7 Å². The molecule has 0 heterocycles. The van der Waals surface area contributed by atoms with Crippen LogP contribution in [-0.2, 0) is 65.4 Å². The zero-order chi connectivity index (χ0) is 74.9. The molecule has 0 saturated heterocycles. The molecule has 0 aromatic heterocycles. The topological polar surface area (TPSA) is 237 Å². The molecule has 5 atom stereocenters. The van der Waals surface area contributed by atoms with Crippen molar-refractivity contribution in [3.05, 3.63) is 0 Å². The van der Waals surface area contributed by atoms with Gasteiger partial charge in [-0.2, -0.15) is 0 Å². The Morgan fingerprint density at radius 3 is 0.667 bits per heavy atom. The fourth-order valence-electron chi connectivity index (χ4n) is 12.9. The molecule has 17 nitrogen and oxygen atoms in total. The van der Waals surface area contributed by atoms with Gasteiger partial charge in [0.1, 0.15) is 19.3 Å². The molecule has 0 aromatic carbocycles. The zero-order valence-corrected chi connectivity index (χ0v) is 68.7. The smallest absolute Gasteiger partial charge is 0.462 e. The second-order valence-electron chi connectivity index (χ2n) is 30.8. The van der Waals surface area contributed by atoms with Gasteiger partial charge in [-0.15, -0.1) is 0 Å². The van der Waals surface area contributed by atoms with E-state index in [4.69, 9.17) is 37.0 Å². The summed E-state index contributed by atoms with van der Waals surface area (Å²) in [4.78, 5) is 73.0. The molecule has 102 heavy (non-hydrogen) atoms. The third kappa shape index (κ3) is 76.3. The van der Waals surface area contributed by atoms with Crippen molar-refractivity contribution in [2.45, 2.75) is 458 Å². The molecule has 3 N–H and O–H groups in total. The van der Waals surface area contributed by atoms with Gasteiger partial charge < -0.3 is 33.8 Å². The van der Waals surface area contributed by atoms with Crippen LogP contribution in [-0.4, -0.2) is 96.7 Å². The van der Waals surface area contributed by atoms with E-state index in [1.807, 2.05) is 0 Å². The van der Waals surface area contributed by atoms with E-state index in [9.17, 15) is 43.2 Å². The summed E-state index contributed by atoms with van der Waals surface area (Å²) in [6, 6.07) is 0. The zero-order valence-electron chi connectivity index (χ0n) is 66.9. The average molecular weight is 1490 g/mol. The first-order chi connectivity index (χ1) is 49.4. The highest BCUT2D eigenvalue weighted by molar-refractivity contribution is 7.47. The van der Waals surface area contributed by atoms with Crippen molar-refractivity contribution in [3.8, 4) is 0 Å². The largest absolute Gasteiger partial charge is 0.472 e. The lowest BCUT2D eigenvalue weighted by molar-refractivity contribution is -0.161. The van der Waals surface area contributed by atoms with Crippen molar-refractivity contribution < 1.29 is 80.2 Å². The average Bonchev–Trinajstić information content (AvgIpc) is 0.909. The van der Waals surface area contributed by atoms with Crippen LogP contribution in [0.5, 0.6) is 0 Å². The number of carbonyl (C=O) groups is 4. The van der Waals surface area contributed by atoms with Crippen LogP contribution in [0.3, 0.4) is 0 Å². The first-order valence-corrected chi connectivity index (χ1v) is 46.0. The highest BCUT2D eigenvalue weighted by Gasteiger charge is 2.30. The number of hydrogen-bond donors (Lipinski definition) is 3. The minimum absolute atomic E-state index is 0.107. The Morgan fingerprint density at radius 1 is 0.265 bits per heavy atom. The molecule has 0 aliphatic heterocycles. The molecule has 0 rings (SSSR count). The molecule has 0 aliphatic rings. The molecule has 0 fully saturated rings. The molecular weight excluding hydrogens is 1330 g/mol. The summed E-state index contributed by atoms with van der Waals surface area (Å²) >= 11 is 0. The van der Waals surface area contributed by atoms with Crippen LogP contribution in [0.15, 0.2) is 0 Å². The van der Waals surface area contributed by atoms with Crippen molar-refractivity contribution in [3.63, 3.8) is 0 Å². The second-order valence-corrected chi connectivity index (χ2v) is 33.7. The number of ether oxygens (including phenoxy) is 4. The number of unbranched alkanes of at least 4 members (excludes halogenated alkanes) is 52. The summed E-state index contributed by atoms with van der Waals surface area (Å²) in [7, 11) is -9.92. The summed E-state index contributed by atoms with van der Waals surface area (Å²) in [6.45, 7) is 9.66. The van der Waals surface area contributed by atoms with E-state index in [1.165, 1.54) is 250 Å². The Morgan fingerprint density at radius 2 is 0.451 bits per heavy atom. The number of phosphoric ester groups is 2. The third-order valence-electron chi connectivity index (χ3n) is 19.5. The number of hydrogen-bond acceptors (Lipinski definition) is 15. The Hall–Kier alpha value is -1.94. The van der Waals surface area contributed by atoms with Crippen molar-refractivity contribution in [2.75, 3.05) is 39.6 Å². The van der Waals surface area contributed by atoms with Crippen molar-refractivity contribution in [2.24, 2.45) is 11.8 Å². The SMILES string of the molecule is CCCCCCCCCCCCCCCCCCCCCCCC(=O)O[C@H](COC(=O)CCCCCCCCCCCCCCCCC(C)C)COP(=O)(O)OC[C@@H](O)COP(=O)(O)OC[C@@H](COC(=O)CCCCCCCCCC)OC(=O)CCCCCCCCCCCCCCCC(C)C. The van der Waals surface area contributed by atoms with Crippen molar-refractivity contribution >= 4 is 39.5 Å². The fourth-order valence-corrected chi connectivity index (χ4v) is 14.5. The number of rotatable bonds is 82. The number of aliphatic hydroxyl groups excluding tert-OH is 1. The molecule has 0 bridgehead atoms. The van der Waals surface area contributed by atoms with Gasteiger partial charge in [0.15, 0.2) is 12.2 Å². The summed E-state index contributed by atoms with van der Waals surface area (Å²) in [5.41, 5.74) is 0. The van der Waals surface area contributed by atoms with E-state index in [-0.39, 0.29) is 25.7 Å². The van der Waals surface area contributed by atoms with Crippen LogP contribution in [0.25, 0.3) is 0 Å². The van der Waals surface area contributed by atoms with Gasteiger partial charge in [0, 0.05) is 25.7 Å². The summed E-state index contributed by atoms with van der Waals surface area (Å²) < 4.78 is 68.7. The van der Waals surface area contributed by atoms with E-state index < -0.39 is 97.5 Å². The quantitative estimate of drug-likeness (QED) is 0.0222. The first-order valence-electron chi connectivity index (χ1n) is 43.0. The van der Waals surface area contributed by atoms with E-state index in [2.05, 4.69) is 41.5 Å². The van der Waals surface area contributed by atoms with Crippen LogP contribution in [0.4, 0.5) is 0 Å². The van der Waals surface area contributed by atoms with Crippen LogP contribution in [0.2, 0.25) is 0 Å². The molecule has 0 radical (unpaired) electrons. The molecular formula is C83H162O17P2. The molecule has 0 amide bonds. The normalized spacial score (nSPS) is 13.9. The molecule has 0 aromatic rings. The fraction of sp³-hybridized carbons (Fsp3) is 0.952. The lowest BCUT2D eigenvalue weighted by Crippen LogP contribution is -2.30. The predicted molar refractivity (Wildman–Crippen MR) is 418 cm³/mol. The van der Waals surface area contributed by atoms with Gasteiger partial charge in [0.2, 0.25) is 0 Å². The number of phosphoric acid groups is 2. The van der Waals surface area contributed by atoms with Gasteiger partial charge in [-0.1, -0.05) is 388 Å². The van der Waals surface area contributed by atoms with Gasteiger partial charge in [0.25, 0.3) is 0 Å². The van der Waals surface area contributed by atoms with Gasteiger partial charge in [-0.25, -0.2) is 9.13 Å². The summed E-state index contributed by atoms with van der Waals surface area (Å²) in [6.07, 6.45) is 65.4. The second kappa shape index (κ2) is 74.5. The number of aliphatic hydroxyl groups is 1. The predicted octanol–water partition coefficient (Wildman–Crippen LogP) is 25.1. The van der Waals surface area contributed by atoms with Crippen molar-refractivity contribution in [1.29, 1.82) is 0 Å². The van der Waals surface area contributed by atoms with Gasteiger partial charge in [0.05, 0.1) is 26.4 Å². The van der Waals surface area contributed by atoms with Gasteiger partial charge >= 0.3 is 39.5 Å². The highest BCUT2D eigenvalue weighted by atomic mass is 31.2. The highest BCUT2D eigenvalue weighted by Crippen LogP contribution is 2.45. The van der Waals surface area contributed by atoms with Crippen LogP contribution >= 0.6 is 15.6 Å². The molecule has 0 aliphatic carbocycles. The van der Waals surface area contributed by atoms with E-state index >= 15 is 0 Å². The Labute approximate surface area is 626 Å². The lowest BCUT2D eigenvalue weighted by atomic mass is 10.0. The first kappa shape index (κ1) is 100. The van der Waals surface area contributed by atoms with Crippen molar-refractivity contribution in [1.82, 2.24) is 0 Å². The van der Waals surface area contributed by atoms with Gasteiger partial charge in [-0.05, 0) is 37.5 Å². The number of esters is 4. The monoisotopic (exact) mass is 1490 g/mol. The maximum Gasteiger partial charge on any atom is 0.472 e. The molecule has 606 valence electrons. The van der Waals surface area contributed by atoms with Crippen LogP contribution in [0.1, 0.15) is 440 Å². The minimum Gasteiger partial charge on any atom is -0.462 e. The molecule has 0 spiro atoms. The van der Waals surface area contributed by atoms with E-state index in [1.54, 1.807) is 0 Å². The lowest BCUT2D eigenvalue weighted by Gasteiger charge is -2.21. The standard InChI is InChI=1S/C83H162O17P2/c1-7-9-11-13-15-17-18-19-20-21-22-23-24-25-26-33-38-43-49-55-61-67-83(88)100-79(72-94-81(86)66-60-54-48-42-37-32-28-27-30-35-40-45-51-57-63-75(3)4)74-98-102(91,92)96-70-77(84)69-95-101(89,90)97-73-78(71-93-80(85)65-59-53-47-16-14-12-10-8-2)99-82(87)68-62-56-50-44-39-34-29-31-36-41-46-52-58-64-76(5)6/h75-79,84H,7-74H2,1-6H3,(H,89,90)(H,91,92)/t77-,78+,79+/m0/s1. The Balaban J connectivity index is 5.19. The molecule has 2 unspecified atom stereocenters.